The van der Waals surface area contributed by atoms with Crippen molar-refractivity contribution >= 4 is 18.9 Å². The molecule has 1 rings (SSSR count). The molecule has 94 valence electrons. The van der Waals surface area contributed by atoms with Crippen LogP contribution < -0.4 is 9.39 Å². The van der Waals surface area contributed by atoms with Gasteiger partial charge in [-0.2, -0.15) is 0 Å². The molecule has 1 aromatic carbocycles. The highest BCUT2D eigenvalue weighted by Gasteiger charge is 2.10. The van der Waals surface area contributed by atoms with Gasteiger partial charge in [-0.25, -0.2) is 0 Å². The van der Waals surface area contributed by atoms with E-state index in [1.165, 1.54) is 0 Å². The molecule has 0 atom stereocenters. The van der Waals surface area contributed by atoms with E-state index in [-0.39, 0.29) is 0 Å². The normalized spacial score (nSPS) is 10.1. The van der Waals surface area contributed by atoms with E-state index in [2.05, 4.69) is 4.65 Å². The Morgan fingerprint density at radius 2 is 1.65 bits per heavy atom. The average molecular weight is 259 g/mol. The van der Waals surface area contributed by atoms with Gasteiger partial charge in [0, 0.05) is 5.88 Å². The molecular formula is C11H16BClO4. The lowest BCUT2D eigenvalue weighted by atomic mass is 10.2. The zero-order chi connectivity index (χ0) is 12.5. The van der Waals surface area contributed by atoms with Gasteiger partial charge in [-0.05, 0) is 43.5 Å². The van der Waals surface area contributed by atoms with Crippen LogP contribution in [0.5, 0.6) is 11.5 Å². The third kappa shape index (κ3) is 6.41. The zero-order valence-electron chi connectivity index (χ0n) is 9.51. The Labute approximate surface area is 106 Å². The van der Waals surface area contributed by atoms with E-state index in [1.54, 1.807) is 24.3 Å². The van der Waals surface area contributed by atoms with Crippen molar-refractivity contribution in [3.8, 4) is 11.5 Å². The lowest BCUT2D eigenvalue weighted by Gasteiger charge is -2.07. The summed E-state index contributed by atoms with van der Waals surface area (Å²) >= 11 is 5.56. The Balaban J connectivity index is 2.25. The van der Waals surface area contributed by atoms with E-state index in [9.17, 15) is 0 Å². The molecule has 1 aromatic rings. The van der Waals surface area contributed by atoms with Crippen molar-refractivity contribution in [2.45, 2.75) is 19.3 Å². The summed E-state index contributed by atoms with van der Waals surface area (Å²) in [6.07, 6.45) is 3.04. The molecule has 0 bridgehead atoms. The van der Waals surface area contributed by atoms with Crippen LogP contribution >= 0.6 is 11.6 Å². The minimum absolute atomic E-state index is 0.384. The summed E-state index contributed by atoms with van der Waals surface area (Å²) in [7, 11) is -1.79. The molecule has 6 heteroatoms. The fourth-order valence-corrected chi connectivity index (χ4v) is 1.49. The lowest BCUT2D eigenvalue weighted by Crippen LogP contribution is -2.20. The Morgan fingerprint density at radius 1 is 1.00 bits per heavy atom. The highest BCUT2D eigenvalue weighted by atomic mass is 35.5. The molecule has 0 aromatic heterocycles. The van der Waals surface area contributed by atoms with Crippen molar-refractivity contribution in [3.63, 3.8) is 0 Å². The first-order chi connectivity index (χ1) is 8.22. The van der Waals surface area contributed by atoms with Gasteiger partial charge in [-0.1, -0.05) is 0 Å². The minimum atomic E-state index is -1.79. The number of halogens is 1. The summed E-state index contributed by atoms with van der Waals surface area (Å²) in [5.41, 5.74) is 0. The third-order valence-electron chi connectivity index (χ3n) is 2.11. The number of hydrogen-bond acceptors (Lipinski definition) is 4. The molecule has 0 radical (unpaired) electrons. The van der Waals surface area contributed by atoms with Crippen LogP contribution in [0, 0.1) is 0 Å². The van der Waals surface area contributed by atoms with Crippen LogP contribution in [0.15, 0.2) is 24.3 Å². The van der Waals surface area contributed by atoms with Crippen LogP contribution in [0.4, 0.5) is 0 Å². The van der Waals surface area contributed by atoms with Gasteiger partial charge in [0.1, 0.15) is 11.5 Å². The summed E-state index contributed by atoms with van der Waals surface area (Å²) in [6, 6.07) is 6.68. The van der Waals surface area contributed by atoms with Crippen molar-refractivity contribution < 1.29 is 19.4 Å². The molecule has 17 heavy (non-hydrogen) atoms. The van der Waals surface area contributed by atoms with Gasteiger partial charge in [-0.3, -0.25) is 0 Å². The molecule has 0 amide bonds. The summed E-state index contributed by atoms with van der Waals surface area (Å²) in [4.78, 5) is 0. The predicted octanol–water partition coefficient (Wildman–Crippen LogP) is 1.82. The molecule has 4 nitrogen and oxygen atoms in total. The van der Waals surface area contributed by atoms with Gasteiger partial charge < -0.3 is 19.4 Å². The third-order valence-corrected chi connectivity index (χ3v) is 2.38. The Hall–Kier alpha value is -0.905. The molecule has 0 spiro atoms. The Morgan fingerprint density at radius 3 is 2.24 bits per heavy atom. The largest absolute Gasteiger partial charge is 0.707 e. The topological polar surface area (TPSA) is 58.9 Å². The molecule has 0 aliphatic carbocycles. The van der Waals surface area contributed by atoms with Crippen LogP contribution in [-0.2, 0) is 0 Å². The molecule has 0 saturated heterocycles. The SMILES string of the molecule is OB(O)Oc1ccc(OCCCCCCl)cc1. The summed E-state index contributed by atoms with van der Waals surface area (Å²) < 4.78 is 10.2. The summed E-state index contributed by atoms with van der Waals surface area (Å²) in [6.45, 7) is 0.652. The summed E-state index contributed by atoms with van der Waals surface area (Å²) in [5, 5.41) is 17.2. The molecule has 0 unspecified atom stereocenters. The van der Waals surface area contributed by atoms with Gasteiger partial charge in [0.2, 0.25) is 0 Å². The van der Waals surface area contributed by atoms with Crippen LogP contribution in [0.25, 0.3) is 0 Å². The van der Waals surface area contributed by atoms with Crippen molar-refractivity contribution in [2.24, 2.45) is 0 Å². The summed E-state index contributed by atoms with van der Waals surface area (Å²) in [5.74, 6) is 1.81. The number of hydrogen-bond donors (Lipinski definition) is 2. The van der Waals surface area contributed by atoms with Crippen molar-refractivity contribution in [3.05, 3.63) is 24.3 Å². The zero-order valence-corrected chi connectivity index (χ0v) is 10.3. The maximum absolute atomic E-state index is 8.59. The molecule has 0 fully saturated rings. The molecule has 0 saturated carbocycles. The van der Waals surface area contributed by atoms with Crippen LogP contribution in [0.3, 0.4) is 0 Å². The van der Waals surface area contributed by atoms with E-state index in [1.807, 2.05) is 0 Å². The van der Waals surface area contributed by atoms with Crippen LogP contribution in [-0.4, -0.2) is 29.9 Å². The van der Waals surface area contributed by atoms with Crippen LogP contribution in [0.1, 0.15) is 19.3 Å². The molecule has 0 aliphatic rings. The highest BCUT2D eigenvalue weighted by Crippen LogP contribution is 2.18. The van der Waals surface area contributed by atoms with Gasteiger partial charge in [0.15, 0.2) is 0 Å². The van der Waals surface area contributed by atoms with Gasteiger partial charge in [0.05, 0.1) is 6.61 Å². The van der Waals surface area contributed by atoms with Crippen LogP contribution in [0.2, 0.25) is 0 Å². The number of rotatable bonds is 8. The maximum atomic E-state index is 8.59. The first-order valence-corrected chi connectivity index (χ1v) is 6.07. The van der Waals surface area contributed by atoms with Crippen molar-refractivity contribution in [2.75, 3.05) is 12.5 Å². The van der Waals surface area contributed by atoms with Gasteiger partial charge >= 0.3 is 7.32 Å². The smallest absolute Gasteiger partial charge is 0.512 e. The highest BCUT2D eigenvalue weighted by molar-refractivity contribution is 6.33. The lowest BCUT2D eigenvalue weighted by molar-refractivity contribution is 0.286. The second kappa shape index (κ2) is 8.22. The molecule has 0 aliphatic heterocycles. The number of ether oxygens (including phenoxy) is 1. The monoisotopic (exact) mass is 258 g/mol. The second-order valence-electron chi connectivity index (χ2n) is 3.51. The fraction of sp³-hybridized carbons (Fsp3) is 0.455. The van der Waals surface area contributed by atoms with Crippen molar-refractivity contribution in [1.29, 1.82) is 0 Å². The second-order valence-corrected chi connectivity index (χ2v) is 3.89. The molecule has 0 heterocycles. The Kier molecular flexibility index (Phi) is 6.85. The molecular weight excluding hydrogens is 242 g/mol. The van der Waals surface area contributed by atoms with Crippen molar-refractivity contribution in [1.82, 2.24) is 0 Å². The average Bonchev–Trinajstić information content (AvgIpc) is 2.30. The number of benzene rings is 1. The van der Waals surface area contributed by atoms with E-state index in [0.29, 0.717) is 18.2 Å². The number of alkyl halides is 1. The standard InChI is InChI=1S/C11H16BClO4/c13-8-2-1-3-9-16-10-4-6-11(7-5-10)17-12(14)15/h4-7,14-15H,1-3,8-9H2. The van der Waals surface area contributed by atoms with E-state index in [0.717, 1.165) is 25.0 Å². The van der Waals surface area contributed by atoms with E-state index >= 15 is 0 Å². The minimum Gasteiger partial charge on any atom is -0.512 e. The van der Waals surface area contributed by atoms with Gasteiger partial charge in [0.25, 0.3) is 0 Å². The molecule has 2 N–H and O–H groups in total. The maximum Gasteiger partial charge on any atom is 0.707 e. The Bertz CT molecular complexity index is 305. The quantitative estimate of drug-likeness (QED) is 0.424. The predicted molar refractivity (Wildman–Crippen MR) is 67.3 cm³/mol. The number of unbranched alkanes of at least 4 members (excludes halogenated alkanes) is 2. The van der Waals surface area contributed by atoms with Gasteiger partial charge in [-0.15, -0.1) is 11.6 Å². The first-order valence-electron chi connectivity index (χ1n) is 5.54. The first kappa shape index (κ1) is 14.2. The van der Waals surface area contributed by atoms with E-state index in [4.69, 9.17) is 26.4 Å². The fourth-order valence-electron chi connectivity index (χ4n) is 1.30. The van der Waals surface area contributed by atoms with E-state index < -0.39 is 7.32 Å².